The molecule has 1 atom stereocenters. The van der Waals surface area contributed by atoms with E-state index in [2.05, 4.69) is 10.1 Å². The van der Waals surface area contributed by atoms with Crippen LogP contribution in [-0.4, -0.2) is 55.3 Å². The number of hydrogen-bond acceptors (Lipinski definition) is 7. The Morgan fingerprint density at radius 2 is 2.04 bits per heavy atom. The van der Waals surface area contributed by atoms with Crippen LogP contribution < -0.4 is 4.74 Å². The smallest absolute Gasteiger partial charge is 0.417 e. The van der Waals surface area contributed by atoms with Crippen molar-refractivity contribution in [3.05, 3.63) is 35.3 Å². The fourth-order valence-corrected chi connectivity index (χ4v) is 4.55. The van der Waals surface area contributed by atoms with E-state index in [-0.39, 0.29) is 48.5 Å². The van der Waals surface area contributed by atoms with Gasteiger partial charge in [0.1, 0.15) is 16.7 Å². The van der Waals surface area contributed by atoms with E-state index in [1.54, 1.807) is 0 Å². The molecule has 28 heavy (non-hydrogen) atoms. The topological polar surface area (TPSA) is 94.8 Å². The Hall–Kier alpha value is -2.18. The quantitative estimate of drug-likeness (QED) is 0.747. The first-order chi connectivity index (χ1) is 13.1. The fourth-order valence-electron chi connectivity index (χ4n) is 2.80. The Labute approximate surface area is 159 Å². The van der Waals surface area contributed by atoms with Gasteiger partial charge in [-0.1, -0.05) is 5.16 Å². The van der Waals surface area contributed by atoms with Gasteiger partial charge < -0.3 is 14.0 Å². The van der Waals surface area contributed by atoms with Crippen molar-refractivity contribution in [2.75, 3.05) is 26.3 Å². The van der Waals surface area contributed by atoms with Gasteiger partial charge in [0, 0.05) is 18.8 Å². The van der Waals surface area contributed by atoms with Gasteiger partial charge in [-0.05, 0) is 19.9 Å². The summed E-state index contributed by atoms with van der Waals surface area (Å²) in [7, 11) is -3.91. The van der Waals surface area contributed by atoms with Crippen molar-refractivity contribution < 1.29 is 35.6 Å². The second-order valence-corrected chi connectivity index (χ2v) is 8.09. The minimum atomic E-state index is -4.50. The normalized spacial score (nSPS) is 19.4. The lowest BCUT2D eigenvalue weighted by atomic mass is 10.3. The Balaban J connectivity index is 1.77. The van der Waals surface area contributed by atoms with Crippen LogP contribution in [0.2, 0.25) is 0 Å². The molecule has 0 N–H and O–H groups in total. The van der Waals surface area contributed by atoms with Crippen LogP contribution in [0, 0.1) is 13.8 Å². The monoisotopic (exact) mass is 421 g/mol. The van der Waals surface area contributed by atoms with E-state index in [9.17, 15) is 21.6 Å². The van der Waals surface area contributed by atoms with Gasteiger partial charge in [-0.15, -0.1) is 0 Å². The molecule has 12 heteroatoms. The molecule has 0 bridgehead atoms. The molecular weight excluding hydrogens is 403 g/mol. The highest BCUT2D eigenvalue weighted by Gasteiger charge is 2.35. The van der Waals surface area contributed by atoms with Crippen LogP contribution in [-0.2, 0) is 20.9 Å². The molecule has 3 rings (SSSR count). The first kappa shape index (κ1) is 20.6. The summed E-state index contributed by atoms with van der Waals surface area (Å²) >= 11 is 0. The van der Waals surface area contributed by atoms with Crippen molar-refractivity contribution in [1.82, 2.24) is 14.4 Å². The number of aryl methyl sites for hydroxylation is 2. The number of ether oxygens (including phenoxy) is 2. The zero-order valence-electron chi connectivity index (χ0n) is 15.1. The Morgan fingerprint density at radius 3 is 2.61 bits per heavy atom. The third kappa shape index (κ3) is 4.28. The van der Waals surface area contributed by atoms with Gasteiger partial charge in [0.05, 0.1) is 25.3 Å². The molecular formula is C16H18F3N3O5S. The van der Waals surface area contributed by atoms with E-state index < -0.39 is 27.9 Å². The predicted molar refractivity (Wildman–Crippen MR) is 89.2 cm³/mol. The van der Waals surface area contributed by atoms with Crippen LogP contribution in [0.3, 0.4) is 0 Å². The molecule has 0 saturated carbocycles. The zero-order valence-corrected chi connectivity index (χ0v) is 15.9. The third-order valence-corrected chi connectivity index (χ3v) is 6.22. The van der Waals surface area contributed by atoms with Gasteiger partial charge in [-0.25, -0.2) is 13.4 Å². The van der Waals surface area contributed by atoms with Gasteiger partial charge in [-0.2, -0.15) is 17.5 Å². The Kier molecular flexibility index (Phi) is 5.64. The van der Waals surface area contributed by atoms with Crippen molar-refractivity contribution in [3.8, 4) is 5.88 Å². The number of aromatic nitrogens is 2. The minimum absolute atomic E-state index is 0.0131. The number of alkyl halides is 3. The van der Waals surface area contributed by atoms with Gasteiger partial charge >= 0.3 is 6.18 Å². The maximum absolute atomic E-state index is 13.0. The standard InChI is InChI=1S/C16H18F3N3O5S/c1-10-15(11(2)27-21-10)28(23,24)22-5-6-25-9-13(8-22)26-14-4-3-12(7-20-14)16(17,18)19/h3-4,7,13H,5-6,8-9H2,1-2H3. The van der Waals surface area contributed by atoms with E-state index in [1.165, 1.54) is 18.2 Å². The lowest BCUT2D eigenvalue weighted by molar-refractivity contribution is -0.137. The summed E-state index contributed by atoms with van der Waals surface area (Å²) in [6, 6.07) is 1.93. The number of pyridine rings is 1. The van der Waals surface area contributed by atoms with Crippen LogP contribution in [0.25, 0.3) is 0 Å². The van der Waals surface area contributed by atoms with Gasteiger partial charge in [0.2, 0.25) is 15.9 Å². The van der Waals surface area contributed by atoms with E-state index >= 15 is 0 Å². The highest BCUT2D eigenvalue weighted by Crippen LogP contribution is 2.29. The molecule has 0 aromatic carbocycles. The van der Waals surface area contributed by atoms with Crippen LogP contribution in [0.15, 0.2) is 27.7 Å². The largest absolute Gasteiger partial charge is 0.470 e. The maximum atomic E-state index is 13.0. The average molecular weight is 421 g/mol. The molecule has 154 valence electrons. The molecule has 0 amide bonds. The van der Waals surface area contributed by atoms with Gasteiger partial charge in [0.25, 0.3) is 0 Å². The predicted octanol–water partition coefficient (Wildman–Crippen LogP) is 2.17. The number of sulfonamides is 1. The second-order valence-electron chi connectivity index (χ2n) is 6.21. The number of rotatable bonds is 4. The summed E-state index contributed by atoms with van der Waals surface area (Å²) < 4.78 is 80.9. The number of halogens is 3. The number of nitrogens with zero attached hydrogens (tertiary/aromatic N) is 3. The third-order valence-electron chi connectivity index (χ3n) is 4.11. The van der Waals surface area contributed by atoms with Crippen molar-refractivity contribution in [1.29, 1.82) is 0 Å². The van der Waals surface area contributed by atoms with E-state index in [0.717, 1.165) is 12.1 Å². The summed E-state index contributed by atoms with van der Waals surface area (Å²) in [6.07, 6.45) is -4.59. The Morgan fingerprint density at radius 1 is 1.29 bits per heavy atom. The molecule has 1 saturated heterocycles. The highest BCUT2D eigenvalue weighted by molar-refractivity contribution is 7.89. The van der Waals surface area contributed by atoms with Crippen molar-refractivity contribution in [2.45, 2.75) is 31.0 Å². The van der Waals surface area contributed by atoms with E-state index in [4.69, 9.17) is 14.0 Å². The van der Waals surface area contributed by atoms with Crippen molar-refractivity contribution in [3.63, 3.8) is 0 Å². The number of hydrogen-bond donors (Lipinski definition) is 0. The molecule has 0 spiro atoms. The molecule has 0 radical (unpaired) electrons. The fraction of sp³-hybridized carbons (Fsp3) is 0.500. The summed E-state index contributed by atoms with van der Waals surface area (Å²) in [5.41, 5.74) is -0.663. The molecule has 8 nitrogen and oxygen atoms in total. The Bertz CT molecular complexity index is 908. The zero-order chi connectivity index (χ0) is 20.5. The summed E-state index contributed by atoms with van der Waals surface area (Å²) in [5, 5.41) is 3.67. The second kappa shape index (κ2) is 7.68. The van der Waals surface area contributed by atoms with E-state index in [0.29, 0.717) is 6.20 Å². The SMILES string of the molecule is Cc1noc(C)c1S(=O)(=O)N1CCOCC(Oc2ccc(C(F)(F)F)cn2)C1. The van der Waals surface area contributed by atoms with Crippen LogP contribution in [0.5, 0.6) is 5.88 Å². The summed E-state index contributed by atoms with van der Waals surface area (Å²) in [6.45, 7) is 3.26. The molecule has 3 heterocycles. The first-order valence-electron chi connectivity index (χ1n) is 8.29. The minimum Gasteiger partial charge on any atom is -0.470 e. The first-order valence-corrected chi connectivity index (χ1v) is 9.73. The van der Waals surface area contributed by atoms with Crippen LogP contribution >= 0.6 is 0 Å². The van der Waals surface area contributed by atoms with Gasteiger partial charge in [-0.3, -0.25) is 0 Å². The maximum Gasteiger partial charge on any atom is 0.417 e. The average Bonchev–Trinajstić information content (AvgIpc) is 2.81. The van der Waals surface area contributed by atoms with E-state index in [1.807, 2.05) is 0 Å². The molecule has 1 unspecified atom stereocenters. The van der Waals surface area contributed by atoms with Crippen LogP contribution in [0.4, 0.5) is 13.2 Å². The summed E-state index contributed by atoms with van der Waals surface area (Å²) in [5.74, 6) is 0.114. The molecule has 1 aliphatic heterocycles. The lowest BCUT2D eigenvalue weighted by Gasteiger charge is -2.23. The van der Waals surface area contributed by atoms with Crippen molar-refractivity contribution in [2.24, 2.45) is 0 Å². The molecule has 0 aliphatic carbocycles. The van der Waals surface area contributed by atoms with Crippen LogP contribution in [0.1, 0.15) is 17.0 Å². The highest BCUT2D eigenvalue weighted by atomic mass is 32.2. The molecule has 1 aliphatic rings. The van der Waals surface area contributed by atoms with Crippen molar-refractivity contribution >= 4 is 10.0 Å². The lowest BCUT2D eigenvalue weighted by Crippen LogP contribution is -2.40. The molecule has 1 fully saturated rings. The molecule has 2 aromatic heterocycles. The summed E-state index contributed by atoms with van der Waals surface area (Å²) in [4.78, 5) is 3.63. The molecule has 2 aromatic rings. The van der Waals surface area contributed by atoms with Gasteiger partial charge in [0.15, 0.2) is 5.76 Å².